The second-order valence-corrected chi connectivity index (χ2v) is 5.28. The Kier molecular flexibility index (Phi) is 4.02. The molecule has 1 aromatic rings. The van der Waals surface area contributed by atoms with E-state index in [2.05, 4.69) is 13.8 Å². The highest BCUT2D eigenvalue weighted by Crippen LogP contribution is 2.25. The summed E-state index contributed by atoms with van der Waals surface area (Å²) in [6.45, 7) is 5.17. The Hall–Kier alpha value is -1.35. The molecule has 2 rings (SSSR count). The van der Waals surface area contributed by atoms with E-state index in [0.717, 1.165) is 18.5 Å². The van der Waals surface area contributed by atoms with Gasteiger partial charge in [-0.25, -0.2) is 0 Å². The van der Waals surface area contributed by atoms with Crippen LogP contribution in [0.1, 0.15) is 38.3 Å². The fourth-order valence-corrected chi connectivity index (χ4v) is 2.63. The molecule has 98 valence electrons. The van der Waals surface area contributed by atoms with E-state index in [-0.39, 0.29) is 5.91 Å². The predicted octanol–water partition coefficient (Wildman–Crippen LogP) is 2.33. The number of carbonyl (C=O) groups excluding carboxylic acids is 1. The predicted molar refractivity (Wildman–Crippen MR) is 72.9 cm³/mol. The molecule has 1 aromatic carbocycles. The lowest BCUT2D eigenvalue weighted by atomic mass is 9.91. The van der Waals surface area contributed by atoms with Crippen LogP contribution in [0.2, 0.25) is 0 Å². The molecule has 2 unspecified atom stereocenters. The summed E-state index contributed by atoms with van der Waals surface area (Å²) >= 11 is 0. The Morgan fingerprint density at radius 1 is 1.33 bits per heavy atom. The summed E-state index contributed by atoms with van der Waals surface area (Å²) in [6, 6.07) is 9.38. The Labute approximate surface area is 109 Å². The van der Waals surface area contributed by atoms with Crippen LogP contribution in [-0.4, -0.2) is 23.4 Å². The zero-order valence-corrected chi connectivity index (χ0v) is 11.2. The van der Waals surface area contributed by atoms with Gasteiger partial charge in [-0.05, 0) is 31.2 Å². The number of piperidine rings is 1. The number of nitrogens with two attached hydrogens (primary N) is 1. The molecule has 0 radical (unpaired) electrons. The maximum atomic E-state index is 12.5. The van der Waals surface area contributed by atoms with Gasteiger partial charge in [0.15, 0.2) is 0 Å². The highest BCUT2D eigenvalue weighted by molar-refractivity contribution is 5.83. The largest absolute Gasteiger partial charge is 0.338 e. The van der Waals surface area contributed by atoms with Gasteiger partial charge in [0.2, 0.25) is 5.91 Å². The molecule has 3 nitrogen and oxygen atoms in total. The first-order valence-electron chi connectivity index (χ1n) is 6.72. The standard InChI is InChI=1S/C15H22N2O/c1-11-7-6-10-17(12(11)2)15(18)14(16)13-8-4-3-5-9-13/h3-5,8-9,11-12,14H,6-7,10,16H2,1-2H3/t11?,12?,14-/m1/s1. The fraction of sp³-hybridized carbons (Fsp3) is 0.533. The van der Waals surface area contributed by atoms with E-state index >= 15 is 0 Å². The summed E-state index contributed by atoms with van der Waals surface area (Å²) in [7, 11) is 0. The summed E-state index contributed by atoms with van der Waals surface area (Å²) in [6.07, 6.45) is 2.28. The van der Waals surface area contributed by atoms with E-state index in [9.17, 15) is 4.79 Å². The van der Waals surface area contributed by atoms with E-state index in [1.165, 1.54) is 6.42 Å². The number of benzene rings is 1. The smallest absolute Gasteiger partial charge is 0.244 e. The van der Waals surface area contributed by atoms with Crippen LogP contribution in [-0.2, 0) is 4.79 Å². The molecule has 18 heavy (non-hydrogen) atoms. The summed E-state index contributed by atoms with van der Waals surface area (Å²) in [5, 5.41) is 0. The molecule has 1 amide bonds. The van der Waals surface area contributed by atoms with Crippen LogP contribution in [0.15, 0.2) is 30.3 Å². The molecule has 0 spiro atoms. The zero-order valence-electron chi connectivity index (χ0n) is 11.2. The minimum Gasteiger partial charge on any atom is -0.338 e. The summed E-state index contributed by atoms with van der Waals surface area (Å²) in [5.41, 5.74) is 6.98. The molecule has 0 saturated carbocycles. The van der Waals surface area contributed by atoms with Crippen molar-refractivity contribution in [2.24, 2.45) is 11.7 Å². The van der Waals surface area contributed by atoms with Gasteiger partial charge in [-0.2, -0.15) is 0 Å². The first-order chi connectivity index (χ1) is 8.61. The van der Waals surface area contributed by atoms with Gasteiger partial charge in [0, 0.05) is 12.6 Å². The van der Waals surface area contributed by atoms with Crippen LogP contribution in [0.3, 0.4) is 0 Å². The van der Waals surface area contributed by atoms with Crippen molar-refractivity contribution in [2.45, 2.75) is 38.8 Å². The molecule has 0 aromatic heterocycles. The SMILES string of the molecule is CC1CCCN(C(=O)[C@H](N)c2ccccc2)C1C. The van der Waals surface area contributed by atoms with Gasteiger partial charge in [0.1, 0.15) is 6.04 Å². The monoisotopic (exact) mass is 246 g/mol. The molecular formula is C15H22N2O. The van der Waals surface area contributed by atoms with Crippen LogP contribution in [0.5, 0.6) is 0 Å². The molecule has 3 heteroatoms. The summed E-state index contributed by atoms with van der Waals surface area (Å²) < 4.78 is 0. The highest BCUT2D eigenvalue weighted by Gasteiger charge is 2.31. The zero-order chi connectivity index (χ0) is 13.1. The lowest BCUT2D eigenvalue weighted by Crippen LogP contribution is -2.49. The average Bonchev–Trinajstić information content (AvgIpc) is 2.41. The maximum Gasteiger partial charge on any atom is 0.244 e. The van der Waals surface area contributed by atoms with Crippen molar-refractivity contribution in [1.29, 1.82) is 0 Å². The topological polar surface area (TPSA) is 46.3 Å². The minimum absolute atomic E-state index is 0.0558. The lowest BCUT2D eigenvalue weighted by Gasteiger charge is -2.39. The van der Waals surface area contributed by atoms with Gasteiger partial charge in [-0.3, -0.25) is 4.79 Å². The molecular weight excluding hydrogens is 224 g/mol. The van der Waals surface area contributed by atoms with Crippen molar-refractivity contribution >= 4 is 5.91 Å². The third-order valence-electron chi connectivity index (χ3n) is 4.08. The normalized spacial score (nSPS) is 25.8. The van der Waals surface area contributed by atoms with Gasteiger partial charge in [0.05, 0.1) is 0 Å². The second kappa shape index (κ2) is 5.53. The minimum atomic E-state index is -0.529. The first kappa shape index (κ1) is 13.1. The molecule has 1 heterocycles. The van der Waals surface area contributed by atoms with Gasteiger partial charge in [-0.1, -0.05) is 37.3 Å². The number of likely N-dealkylation sites (tertiary alicyclic amines) is 1. The number of carbonyl (C=O) groups is 1. The van der Waals surface area contributed by atoms with Crippen molar-refractivity contribution in [3.63, 3.8) is 0 Å². The number of amides is 1. The van der Waals surface area contributed by atoms with Crippen molar-refractivity contribution in [3.8, 4) is 0 Å². The molecule has 1 aliphatic heterocycles. The van der Waals surface area contributed by atoms with E-state index in [1.54, 1.807) is 0 Å². The molecule has 0 aliphatic carbocycles. The molecule has 3 atom stereocenters. The fourth-order valence-electron chi connectivity index (χ4n) is 2.63. The molecule has 0 bridgehead atoms. The van der Waals surface area contributed by atoms with Gasteiger partial charge in [0.25, 0.3) is 0 Å². The average molecular weight is 246 g/mol. The quantitative estimate of drug-likeness (QED) is 0.870. The summed E-state index contributed by atoms with van der Waals surface area (Å²) in [4.78, 5) is 14.4. The Morgan fingerprint density at radius 2 is 2.00 bits per heavy atom. The van der Waals surface area contributed by atoms with Crippen LogP contribution in [0, 0.1) is 5.92 Å². The van der Waals surface area contributed by atoms with Crippen LogP contribution in [0.25, 0.3) is 0 Å². The van der Waals surface area contributed by atoms with E-state index < -0.39 is 6.04 Å². The number of hydrogen-bond acceptors (Lipinski definition) is 2. The number of rotatable bonds is 2. The van der Waals surface area contributed by atoms with Gasteiger partial charge < -0.3 is 10.6 Å². The van der Waals surface area contributed by atoms with Crippen LogP contribution in [0.4, 0.5) is 0 Å². The van der Waals surface area contributed by atoms with Gasteiger partial charge in [-0.15, -0.1) is 0 Å². The van der Waals surface area contributed by atoms with E-state index in [1.807, 2.05) is 35.2 Å². The molecule has 1 aliphatic rings. The van der Waals surface area contributed by atoms with Crippen LogP contribution >= 0.6 is 0 Å². The van der Waals surface area contributed by atoms with Crippen molar-refractivity contribution in [2.75, 3.05) is 6.54 Å². The van der Waals surface area contributed by atoms with E-state index in [0.29, 0.717) is 12.0 Å². The van der Waals surface area contributed by atoms with Gasteiger partial charge >= 0.3 is 0 Å². The number of hydrogen-bond donors (Lipinski definition) is 1. The van der Waals surface area contributed by atoms with E-state index in [4.69, 9.17) is 5.73 Å². The third-order valence-corrected chi connectivity index (χ3v) is 4.08. The Balaban J connectivity index is 2.11. The maximum absolute atomic E-state index is 12.5. The Morgan fingerprint density at radius 3 is 2.67 bits per heavy atom. The summed E-state index contributed by atoms with van der Waals surface area (Å²) in [5.74, 6) is 0.617. The Bertz CT molecular complexity index is 404. The van der Waals surface area contributed by atoms with Crippen molar-refractivity contribution in [3.05, 3.63) is 35.9 Å². The molecule has 1 fully saturated rings. The highest BCUT2D eigenvalue weighted by atomic mass is 16.2. The van der Waals surface area contributed by atoms with Crippen LogP contribution < -0.4 is 5.73 Å². The molecule has 2 N–H and O–H groups in total. The third kappa shape index (κ3) is 2.56. The second-order valence-electron chi connectivity index (χ2n) is 5.28. The first-order valence-corrected chi connectivity index (χ1v) is 6.72. The molecule has 1 saturated heterocycles. The van der Waals surface area contributed by atoms with Crippen molar-refractivity contribution in [1.82, 2.24) is 4.90 Å². The van der Waals surface area contributed by atoms with Crippen molar-refractivity contribution < 1.29 is 4.79 Å². The number of nitrogens with zero attached hydrogens (tertiary/aromatic N) is 1. The lowest BCUT2D eigenvalue weighted by molar-refractivity contribution is -0.137.